The minimum absolute atomic E-state index is 0.0804. The molecule has 5 nitrogen and oxygen atoms in total. The molecule has 120 valence electrons. The van der Waals surface area contributed by atoms with Crippen molar-refractivity contribution < 1.29 is 26.7 Å². The SMILES string of the molecule is CN(CCC(F)(F)F)S(=O)(=O)c1cc(CO)n(C2CC2)c1. The van der Waals surface area contributed by atoms with E-state index in [1.54, 1.807) is 4.57 Å². The topological polar surface area (TPSA) is 62.5 Å². The second-order valence-electron chi connectivity index (χ2n) is 5.16. The zero-order valence-electron chi connectivity index (χ0n) is 11.5. The third-order valence-electron chi connectivity index (χ3n) is 3.43. The summed E-state index contributed by atoms with van der Waals surface area (Å²) in [6.07, 6.45) is -2.39. The molecule has 9 heteroatoms. The fraction of sp³-hybridized carbons (Fsp3) is 0.667. The second-order valence-corrected chi connectivity index (χ2v) is 7.20. The van der Waals surface area contributed by atoms with Crippen LogP contribution in [0.5, 0.6) is 0 Å². The number of alkyl halides is 3. The summed E-state index contributed by atoms with van der Waals surface area (Å²) < 4.78 is 63.4. The van der Waals surface area contributed by atoms with Crippen molar-refractivity contribution in [2.45, 2.75) is 43.0 Å². The highest BCUT2D eigenvalue weighted by atomic mass is 32.2. The van der Waals surface area contributed by atoms with Gasteiger partial charge in [0.25, 0.3) is 0 Å². The molecule has 0 amide bonds. The van der Waals surface area contributed by atoms with Crippen LogP contribution in [0.15, 0.2) is 17.2 Å². The Morgan fingerprint density at radius 1 is 1.43 bits per heavy atom. The Balaban J connectivity index is 2.18. The number of hydrogen-bond acceptors (Lipinski definition) is 3. The van der Waals surface area contributed by atoms with Crippen molar-refractivity contribution in [1.82, 2.24) is 8.87 Å². The lowest BCUT2D eigenvalue weighted by atomic mass is 10.4. The molecule has 0 aliphatic heterocycles. The van der Waals surface area contributed by atoms with E-state index in [4.69, 9.17) is 0 Å². The number of aliphatic hydroxyl groups is 1. The molecule has 1 N–H and O–H groups in total. The lowest BCUT2D eigenvalue weighted by Gasteiger charge is -2.17. The van der Waals surface area contributed by atoms with Gasteiger partial charge in [-0.3, -0.25) is 0 Å². The van der Waals surface area contributed by atoms with E-state index in [9.17, 15) is 26.7 Å². The van der Waals surface area contributed by atoms with Crippen LogP contribution in [0.25, 0.3) is 0 Å². The molecule has 0 unspecified atom stereocenters. The van der Waals surface area contributed by atoms with Crippen molar-refractivity contribution >= 4 is 10.0 Å². The van der Waals surface area contributed by atoms with Crippen LogP contribution in [0, 0.1) is 0 Å². The van der Waals surface area contributed by atoms with Crippen molar-refractivity contribution in [3.63, 3.8) is 0 Å². The van der Waals surface area contributed by atoms with Crippen molar-refractivity contribution in [2.24, 2.45) is 0 Å². The molecule has 2 rings (SSSR count). The highest BCUT2D eigenvalue weighted by Crippen LogP contribution is 2.37. The summed E-state index contributed by atoms with van der Waals surface area (Å²) in [6.45, 7) is -0.937. The summed E-state index contributed by atoms with van der Waals surface area (Å²) in [4.78, 5) is -0.0804. The number of aromatic nitrogens is 1. The summed E-state index contributed by atoms with van der Waals surface area (Å²) >= 11 is 0. The summed E-state index contributed by atoms with van der Waals surface area (Å²) in [5, 5.41) is 9.24. The molecule has 21 heavy (non-hydrogen) atoms. The smallest absolute Gasteiger partial charge is 0.390 e. The van der Waals surface area contributed by atoms with E-state index in [-0.39, 0.29) is 17.5 Å². The van der Waals surface area contributed by atoms with E-state index in [1.165, 1.54) is 12.3 Å². The average Bonchev–Trinajstić information content (AvgIpc) is 3.13. The van der Waals surface area contributed by atoms with Crippen molar-refractivity contribution in [2.75, 3.05) is 13.6 Å². The average molecular weight is 326 g/mol. The van der Waals surface area contributed by atoms with Crippen molar-refractivity contribution in [3.05, 3.63) is 18.0 Å². The van der Waals surface area contributed by atoms with E-state index in [2.05, 4.69) is 0 Å². The Labute approximate surface area is 121 Å². The van der Waals surface area contributed by atoms with Gasteiger partial charge in [0.2, 0.25) is 10.0 Å². The van der Waals surface area contributed by atoms with Gasteiger partial charge in [0.05, 0.1) is 13.0 Å². The van der Waals surface area contributed by atoms with Crippen LogP contribution in [-0.4, -0.2) is 42.2 Å². The quantitative estimate of drug-likeness (QED) is 0.868. The first kappa shape index (κ1) is 16.3. The number of nitrogens with zero attached hydrogens (tertiary/aromatic N) is 2. The Bertz CT molecular complexity index is 606. The molecular formula is C12H17F3N2O3S. The highest BCUT2D eigenvalue weighted by Gasteiger charge is 2.32. The van der Waals surface area contributed by atoms with E-state index in [0.717, 1.165) is 19.9 Å². The zero-order valence-corrected chi connectivity index (χ0v) is 12.3. The lowest BCUT2D eigenvalue weighted by molar-refractivity contribution is -0.135. The Morgan fingerprint density at radius 3 is 2.52 bits per heavy atom. The van der Waals surface area contributed by atoms with Crippen LogP contribution in [-0.2, 0) is 16.6 Å². The summed E-state index contributed by atoms with van der Waals surface area (Å²) in [6, 6.07) is 1.49. The van der Waals surface area contributed by atoms with E-state index in [0.29, 0.717) is 10.00 Å². The van der Waals surface area contributed by atoms with Crippen LogP contribution in [0.3, 0.4) is 0 Å². The molecule has 0 radical (unpaired) electrons. The van der Waals surface area contributed by atoms with Gasteiger partial charge in [-0.1, -0.05) is 0 Å². The van der Waals surface area contributed by atoms with Gasteiger partial charge >= 0.3 is 6.18 Å². The minimum Gasteiger partial charge on any atom is -0.390 e. The maximum Gasteiger partial charge on any atom is 0.390 e. The van der Waals surface area contributed by atoms with Gasteiger partial charge in [0.15, 0.2) is 0 Å². The van der Waals surface area contributed by atoms with Crippen molar-refractivity contribution in [3.8, 4) is 0 Å². The second kappa shape index (κ2) is 5.62. The number of sulfonamides is 1. The fourth-order valence-corrected chi connectivity index (χ4v) is 3.26. The van der Waals surface area contributed by atoms with Crippen LogP contribution < -0.4 is 0 Å². The molecule has 1 heterocycles. The monoisotopic (exact) mass is 326 g/mol. The van der Waals surface area contributed by atoms with Crippen molar-refractivity contribution in [1.29, 1.82) is 0 Å². The first-order chi connectivity index (χ1) is 9.65. The highest BCUT2D eigenvalue weighted by molar-refractivity contribution is 7.89. The van der Waals surface area contributed by atoms with Crippen LogP contribution >= 0.6 is 0 Å². The summed E-state index contributed by atoms with van der Waals surface area (Å²) in [5.74, 6) is 0. The largest absolute Gasteiger partial charge is 0.390 e. The molecule has 0 spiro atoms. The van der Waals surface area contributed by atoms with Gasteiger partial charge in [-0.05, 0) is 18.9 Å². The lowest BCUT2D eigenvalue weighted by Crippen LogP contribution is -2.30. The van der Waals surface area contributed by atoms with E-state index < -0.39 is 29.2 Å². The fourth-order valence-electron chi connectivity index (χ4n) is 2.04. The molecule has 0 atom stereocenters. The Morgan fingerprint density at radius 2 is 2.05 bits per heavy atom. The number of halogens is 3. The van der Waals surface area contributed by atoms with Crippen LogP contribution in [0.1, 0.15) is 31.0 Å². The third-order valence-corrected chi connectivity index (χ3v) is 5.25. The predicted octanol–water partition coefficient (Wildman–Crippen LogP) is 1.89. The summed E-state index contributed by atoms with van der Waals surface area (Å²) in [7, 11) is -2.86. The summed E-state index contributed by atoms with van der Waals surface area (Å²) in [5.41, 5.74) is 0.459. The van der Waals surface area contributed by atoms with Gasteiger partial charge in [-0.2, -0.15) is 13.2 Å². The number of rotatable bonds is 6. The first-order valence-corrected chi connectivity index (χ1v) is 7.94. The maximum atomic E-state index is 12.2. The molecule has 1 aliphatic carbocycles. The predicted molar refractivity (Wildman–Crippen MR) is 69.1 cm³/mol. The molecule has 1 saturated carbocycles. The van der Waals surface area contributed by atoms with E-state index in [1.807, 2.05) is 0 Å². The molecule has 1 aromatic heterocycles. The Hall–Kier alpha value is -1.06. The van der Waals surface area contributed by atoms with Crippen LogP contribution in [0.4, 0.5) is 13.2 Å². The van der Waals surface area contributed by atoms with Crippen LogP contribution in [0.2, 0.25) is 0 Å². The molecule has 1 aromatic rings. The first-order valence-electron chi connectivity index (χ1n) is 6.50. The molecule has 1 fully saturated rings. The van der Waals surface area contributed by atoms with Gasteiger partial charge in [0.1, 0.15) is 4.90 Å². The molecule has 0 saturated heterocycles. The molecule has 0 aromatic carbocycles. The number of aliphatic hydroxyl groups excluding tert-OH is 1. The maximum absolute atomic E-state index is 12.2. The molecular weight excluding hydrogens is 309 g/mol. The minimum atomic E-state index is -4.40. The standard InChI is InChI=1S/C12H17F3N2O3S/c1-16(5-4-12(13,14)15)21(19,20)11-6-10(8-18)17(7-11)9-2-3-9/h6-7,9,18H,2-5,8H2,1H3. The third kappa shape index (κ3) is 3.78. The zero-order chi connectivity index (χ0) is 15.8. The van der Waals surface area contributed by atoms with E-state index >= 15 is 0 Å². The normalized spacial score (nSPS) is 16.7. The molecule has 0 bridgehead atoms. The number of hydrogen-bond donors (Lipinski definition) is 1. The van der Waals surface area contributed by atoms with Gasteiger partial charge in [-0.15, -0.1) is 0 Å². The molecule has 1 aliphatic rings. The van der Waals surface area contributed by atoms with Gasteiger partial charge in [-0.25, -0.2) is 12.7 Å². The van der Waals surface area contributed by atoms with Gasteiger partial charge < -0.3 is 9.67 Å². The van der Waals surface area contributed by atoms with Gasteiger partial charge in [0, 0.05) is 31.5 Å². The Kier molecular flexibility index (Phi) is 4.36.